The Morgan fingerprint density at radius 2 is 1.81 bits per heavy atom. The Morgan fingerprint density at radius 1 is 1.12 bits per heavy atom. The topological polar surface area (TPSA) is 130 Å². The van der Waals surface area contributed by atoms with Gasteiger partial charge in [0.1, 0.15) is 18.1 Å². The average molecular weight is 606 g/mol. The number of rotatable bonds is 11. The van der Waals surface area contributed by atoms with Crippen molar-refractivity contribution in [1.82, 2.24) is 19.5 Å². The molecule has 43 heavy (non-hydrogen) atoms. The number of fused-ring (bicyclic) bond motifs is 1. The van der Waals surface area contributed by atoms with Crippen molar-refractivity contribution >= 4 is 31.3 Å². The van der Waals surface area contributed by atoms with E-state index >= 15 is 0 Å². The number of ether oxygens (including phenoxy) is 3. The highest BCUT2D eigenvalue weighted by molar-refractivity contribution is 6.74. The standard InChI is InChI=1S/C31H39N5O6Si/c1-31(2,3)43(4,5)42-23-16-26(41-24(23)18-39-17-21-12-8-6-9-13-21)36-20-32-27-28(36)34-30(35-29(27)38)33-25(37)19-40-22-14-10-7-11-15-22/h6-15,20,23-24,26H,16-19H2,1-5H3,(H2,33,34,35,37,38)/t23-,24+,26+/m0/s1. The quantitative estimate of drug-likeness (QED) is 0.228. The third-order valence-electron chi connectivity index (χ3n) is 7.94. The predicted molar refractivity (Wildman–Crippen MR) is 165 cm³/mol. The maximum Gasteiger partial charge on any atom is 0.280 e. The lowest BCUT2D eigenvalue weighted by molar-refractivity contribution is -0.118. The molecule has 12 heteroatoms. The number of hydrogen-bond acceptors (Lipinski definition) is 8. The molecule has 1 aliphatic heterocycles. The van der Waals surface area contributed by atoms with Crippen molar-refractivity contribution in [3.05, 3.63) is 82.9 Å². The summed E-state index contributed by atoms with van der Waals surface area (Å²) in [6.45, 7) is 11.6. The first-order valence-corrected chi connectivity index (χ1v) is 17.3. The lowest BCUT2D eigenvalue weighted by atomic mass is 10.2. The average Bonchev–Trinajstić information content (AvgIpc) is 3.56. The molecule has 2 N–H and O–H groups in total. The minimum atomic E-state index is -2.14. The van der Waals surface area contributed by atoms with E-state index in [1.807, 2.05) is 48.5 Å². The normalized spacial score (nSPS) is 19.0. The zero-order chi connectivity index (χ0) is 30.6. The Bertz CT molecular complexity index is 1590. The molecule has 11 nitrogen and oxygen atoms in total. The molecule has 1 amide bonds. The summed E-state index contributed by atoms with van der Waals surface area (Å²) in [5.74, 6) is 0.0894. The van der Waals surface area contributed by atoms with E-state index in [-0.39, 0.29) is 35.3 Å². The fourth-order valence-corrected chi connectivity index (χ4v) is 5.96. The number of H-pyrrole nitrogens is 1. The number of anilines is 1. The number of amides is 1. The van der Waals surface area contributed by atoms with Gasteiger partial charge in [0.15, 0.2) is 26.1 Å². The summed E-state index contributed by atoms with van der Waals surface area (Å²) in [5, 5.41) is 2.62. The minimum absolute atomic E-state index is 0.00396. The first kappa shape index (κ1) is 30.6. The van der Waals surface area contributed by atoms with Gasteiger partial charge >= 0.3 is 0 Å². The van der Waals surface area contributed by atoms with Crippen molar-refractivity contribution in [2.45, 2.75) is 70.4 Å². The van der Waals surface area contributed by atoms with E-state index in [2.05, 4.69) is 54.1 Å². The lowest BCUT2D eigenvalue weighted by Gasteiger charge is -2.39. The molecule has 2 aromatic heterocycles. The second kappa shape index (κ2) is 12.8. The van der Waals surface area contributed by atoms with Gasteiger partial charge in [0.25, 0.3) is 11.5 Å². The molecule has 3 heterocycles. The third kappa shape index (κ3) is 7.39. The predicted octanol–water partition coefficient (Wildman–Crippen LogP) is 5.03. The molecule has 1 saturated heterocycles. The van der Waals surface area contributed by atoms with Gasteiger partial charge in [-0.1, -0.05) is 69.3 Å². The van der Waals surface area contributed by atoms with Gasteiger partial charge in [0.05, 0.1) is 25.6 Å². The van der Waals surface area contributed by atoms with Gasteiger partial charge in [-0.3, -0.25) is 24.5 Å². The fourth-order valence-electron chi connectivity index (χ4n) is 4.60. The highest BCUT2D eigenvalue weighted by Gasteiger charge is 2.45. The molecule has 0 aliphatic carbocycles. The van der Waals surface area contributed by atoms with Crippen molar-refractivity contribution in [3.8, 4) is 5.75 Å². The molecule has 228 valence electrons. The molecule has 2 aromatic carbocycles. The van der Waals surface area contributed by atoms with Crippen LogP contribution in [-0.4, -0.2) is 59.2 Å². The second-order valence-corrected chi connectivity index (χ2v) is 16.9. The first-order chi connectivity index (χ1) is 20.5. The maximum absolute atomic E-state index is 12.9. The molecule has 1 fully saturated rings. The largest absolute Gasteiger partial charge is 0.484 e. The lowest BCUT2D eigenvalue weighted by Crippen LogP contribution is -2.46. The molecule has 1 aliphatic rings. The van der Waals surface area contributed by atoms with E-state index in [1.54, 1.807) is 16.7 Å². The number of hydrogen-bond donors (Lipinski definition) is 2. The van der Waals surface area contributed by atoms with Crippen LogP contribution < -0.4 is 15.6 Å². The second-order valence-electron chi connectivity index (χ2n) is 12.2. The minimum Gasteiger partial charge on any atom is -0.484 e. The zero-order valence-electron chi connectivity index (χ0n) is 25.2. The van der Waals surface area contributed by atoms with Crippen LogP contribution in [0.5, 0.6) is 5.75 Å². The van der Waals surface area contributed by atoms with Crippen LogP contribution in [0.15, 0.2) is 71.8 Å². The Labute approximate surface area is 251 Å². The Balaban J connectivity index is 1.33. The number of nitrogens with one attached hydrogen (secondary N) is 2. The van der Waals surface area contributed by atoms with E-state index in [9.17, 15) is 9.59 Å². The number of carbonyl (C=O) groups excluding carboxylic acids is 1. The summed E-state index contributed by atoms with van der Waals surface area (Å²) in [5.41, 5.74) is 1.04. The van der Waals surface area contributed by atoms with Crippen molar-refractivity contribution < 1.29 is 23.4 Å². The molecule has 5 rings (SSSR count). The Kier molecular flexibility index (Phi) is 9.11. The van der Waals surface area contributed by atoms with E-state index in [0.29, 0.717) is 31.0 Å². The van der Waals surface area contributed by atoms with Crippen LogP contribution in [0.25, 0.3) is 11.2 Å². The fraction of sp³-hybridized carbons (Fsp3) is 0.419. The number of aromatic nitrogens is 4. The number of benzene rings is 2. The van der Waals surface area contributed by atoms with Gasteiger partial charge in [-0.25, -0.2) is 4.98 Å². The molecule has 0 bridgehead atoms. The summed E-state index contributed by atoms with van der Waals surface area (Å²) in [6, 6.07) is 19.0. The summed E-state index contributed by atoms with van der Waals surface area (Å²) in [6.07, 6.45) is 1.01. The van der Waals surface area contributed by atoms with Gasteiger partial charge in [0, 0.05) is 6.42 Å². The number of nitrogens with zero attached hydrogens (tertiary/aromatic N) is 3. The molecule has 0 spiro atoms. The van der Waals surface area contributed by atoms with Crippen LogP contribution in [0, 0.1) is 0 Å². The Morgan fingerprint density at radius 3 is 2.51 bits per heavy atom. The van der Waals surface area contributed by atoms with Crippen molar-refractivity contribution in [1.29, 1.82) is 0 Å². The number of imidazole rings is 1. The van der Waals surface area contributed by atoms with Crippen molar-refractivity contribution in [2.24, 2.45) is 0 Å². The first-order valence-electron chi connectivity index (χ1n) is 14.4. The SMILES string of the molecule is CC(C)(C)[Si](C)(C)O[C@H]1C[C@H](n2cnc3c(=O)[nH]c(NC(=O)COc4ccccc4)nc32)O[C@@H]1COCc1ccccc1. The molecule has 0 saturated carbocycles. The van der Waals surface area contributed by atoms with Gasteiger partial charge in [-0.15, -0.1) is 0 Å². The molecular formula is C31H39N5O6Si. The van der Waals surface area contributed by atoms with Crippen LogP contribution in [-0.2, 0) is 25.3 Å². The molecule has 0 radical (unpaired) electrons. The van der Waals surface area contributed by atoms with E-state index in [1.165, 1.54) is 6.33 Å². The summed E-state index contributed by atoms with van der Waals surface area (Å²) >= 11 is 0. The van der Waals surface area contributed by atoms with Crippen molar-refractivity contribution in [3.63, 3.8) is 0 Å². The van der Waals surface area contributed by atoms with Gasteiger partial charge in [0.2, 0.25) is 5.95 Å². The summed E-state index contributed by atoms with van der Waals surface area (Å²) in [4.78, 5) is 36.8. The summed E-state index contributed by atoms with van der Waals surface area (Å²) in [7, 11) is -2.14. The van der Waals surface area contributed by atoms with E-state index in [0.717, 1.165) is 5.56 Å². The van der Waals surface area contributed by atoms with E-state index < -0.39 is 26.0 Å². The van der Waals surface area contributed by atoms with E-state index in [4.69, 9.17) is 18.6 Å². The van der Waals surface area contributed by atoms with Crippen LogP contribution in [0.2, 0.25) is 18.1 Å². The highest BCUT2D eigenvalue weighted by atomic mass is 28.4. The third-order valence-corrected chi connectivity index (χ3v) is 12.4. The molecule has 3 atom stereocenters. The zero-order valence-corrected chi connectivity index (χ0v) is 26.2. The van der Waals surface area contributed by atoms with Crippen molar-refractivity contribution in [2.75, 3.05) is 18.5 Å². The van der Waals surface area contributed by atoms with Crippen LogP contribution in [0.3, 0.4) is 0 Å². The van der Waals surface area contributed by atoms with Gasteiger partial charge in [-0.05, 0) is 35.8 Å². The summed E-state index contributed by atoms with van der Waals surface area (Å²) < 4.78 is 26.6. The number of para-hydroxylation sites is 1. The smallest absolute Gasteiger partial charge is 0.280 e. The van der Waals surface area contributed by atoms with Gasteiger partial charge < -0.3 is 18.6 Å². The monoisotopic (exact) mass is 605 g/mol. The highest BCUT2D eigenvalue weighted by Crippen LogP contribution is 2.41. The molecule has 0 unspecified atom stereocenters. The van der Waals surface area contributed by atoms with Crippen LogP contribution in [0.1, 0.15) is 39.0 Å². The van der Waals surface area contributed by atoms with Crippen LogP contribution >= 0.6 is 0 Å². The van der Waals surface area contributed by atoms with Crippen LogP contribution in [0.4, 0.5) is 5.95 Å². The number of aromatic amines is 1. The Hall–Kier alpha value is -3.84. The number of carbonyl (C=O) groups is 1. The molecular weight excluding hydrogens is 566 g/mol. The molecule has 4 aromatic rings. The van der Waals surface area contributed by atoms with Gasteiger partial charge in [-0.2, -0.15) is 4.98 Å². The maximum atomic E-state index is 12.9.